The van der Waals surface area contributed by atoms with Crippen LogP contribution < -0.4 is 10.6 Å². The van der Waals surface area contributed by atoms with Crippen molar-refractivity contribution in [2.24, 2.45) is 0 Å². The number of alkyl halides is 2. The highest BCUT2D eigenvalue weighted by molar-refractivity contribution is 5.32. The predicted octanol–water partition coefficient (Wildman–Crippen LogP) is 1.73. The van der Waals surface area contributed by atoms with Crippen LogP contribution in [0.15, 0.2) is 24.3 Å². The molecule has 88 valence electrons. The lowest BCUT2D eigenvalue weighted by molar-refractivity contribution is 0.145. The Morgan fingerprint density at radius 3 is 3.00 bits per heavy atom. The Morgan fingerprint density at radius 2 is 2.19 bits per heavy atom. The van der Waals surface area contributed by atoms with Crippen molar-refractivity contribution in [3.8, 4) is 0 Å². The van der Waals surface area contributed by atoms with E-state index in [-0.39, 0.29) is 6.54 Å². The fourth-order valence-corrected chi connectivity index (χ4v) is 2.13. The van der Waals surface area contributed by atoms with E-state index in [4.69, 9.17) is 0 Å². The van der Waals surface area contributed by atoms with Crippen molar-refractivity contribution in [2.45, 2.75) is 18.9 Å². The molecule has 2 N–H and O–H groups in total. The average molecular weight is 226 g/mol. The number of halogens is 2. The van der Waals surface area contributed by atoms with Gasteiger partial charge in [-0.05, 0) is 11.1 Å². The number of rotatable bonds is 4. The highest BCUT2D eigenvalue weighted by atomic mass is 19.3. The first-order valence-electron chi connectivity index (χ1n) is 5.54. The van der Waals surface area contributed by atoms with Gasteiger partial charge in [0.05, 0.1) is 6.54 Å². The summed E-state index contributed by atoms with van der Waals surface area (Å²) >= 11 is 0. The maximum absolute atomic E-state index is 12.0. The Morgan fingerprint density at radius 1 is 1.38 bits per heavy atom. The number of hydrogen-bond acceptors (Lipinski definition) is 2. The van der Waals surface area contributed by atoms with Crippen LogP contribution in [-0.2, 0) is 6.54 Å². The summed E-state index contributed by atoms with van der Waals surface area (Å²) in [5, 5.41) is 6.11. The topological polar surface area (TPSA) is 24.1 Å². The molecule has 1 unspecified atom stereocenters. The van der Waals surface area contributed by atoms with Crippen molar-refractivity contribution in [1.82, 2.24) is 10.6 Å². The van der Waals surface area contributed by atoms with Crippen molar-refractivity contribution in [3.05, 3.63) is 35.4 Å². The molecule has 0 bridgehead atoms. The highest BCUT2D eigenvalue weighted by Crippen LogP contribution is 2.22. The van der Waals surface area contributed by atoms with Gasteiger partial charge >= 0.3 is 0 Å². The van der Waals surface area contributed by atoms with E-state index in [1.165, 1.54) is 11.1 Å². The van der Waals surface area contributed by atoms with Crippen LogP contribution in [0.5, 0.6) is 0 Å². The quantitative estimate of drug-likeness (QED) is 0.817. The first-order valence-corrected chi connectivity index (χ1v) is 5.54. The second-order valence-electron chi connectivity index (χ2n) is 4.08. The highest BCUT2D eigenvalue weighted by Gasteiger charge is 2.19. The molecule has 0 saturated carbocycles. The van der Waals surface area contributed by atoms with Gasteiger partial charge in [0.1, 0.15) is 0 Å². The monoisotopic (exact) mass is 226 g/mol. The Kier molecular flexibility index (Phi) is 3.85. The lowest BCUT2D eigenvalue weighted by Gasteiger charge is -2.26. The summed E-state index contributed by atoms with van der Waals surface area (Å²) in [6, 6.07) is 8.19. The van der Waals surface area contributed by atoms with Gasteiger partial charge < -0.3 is 10.6 Å². The van der Waals surface area contributed by atoms with Crippen LogP contribution >= 0.6 is 0 Å². The molecule has 0 spiro atoms. The van der Waals surface area contributed by atoms with Gasteiger partial charge in [-0.2, -0.15) is 0 Å². The van der Waals surface area contributed by atoms with Gasteiger partial charge in [0.15, 0.2) is 0 Å². The predicted molar refractivity (Wildman–Crippen MR) is 59.8 cm³/mol. The van der Waals surface area contributed by atoms with Crippen molar-refractivity contribution >= 4 is 0 Å². The van der Waals surface area contributed by atoms with E-state index >= 15 is 0 Å². The molecule has 1 aromatic rings. The molecule has 4 heteroatoms. The molecule has 1 aromatic carbocycles. The number of benzene rings is 1. The summed E-state index contributed by atoms with van der Waals surface area (Å²) in [6.07, 6.45) is -2.27. The van der Waals surface area contributed by atoms with E-state index in [9.17, 15) is 8.78 Å². The van der Waals surface area contributed by atoms with E-state index in [0.29, 0.717) is 12.5 Å². The first kappa shape index (κ1) is 11.5. The fraction of sp³-hybridized carbons (Fsp3) is 0.500. The largest absolute Gasteiger partial charge is 0.312 e. The van der Waals surface area contributed by atoms with Gasteiger partial charge in [-0.15, -0.1) is 0 Å². The van der Waals surface area contributed by atoms with Crippen molar-refractivity contribution in [2.75, 3.05) is 19.6 Å². The third-order valence-electron chi connectivity index (χ3n) is 2.89. The number of nitrogens with one attached hydrogen (secondary N) is 2. The molecule has 0 amide bonds. The molecule has 1 aliphatic heterocycles. The van der Waals surface area contributed by atoms with Gasteiger partial charge in [-0.25, -0.2) is 8.78 Å². The first-order chi connectivity index (χ1) is 7.77. The number of hydrogen-bond donors (Lipinski definition) is 2. The second kappa shape index (κ2) is 5.37. The SMILES string of the molecule is FC(F)CNCC1CNCc2ccccc21. The molecule has 16 heavy (non-hydrogen) atoms. The van der Waals surface area contributed by atoms with Gasteiger partial charge in [0.2, 0.25) is 0 Å². The molecule has 2 rings (SSSR count). The third kappa shape index (κ3) is 2.77. The van der Waals surface area contributed by atoms with Crippen LogP contribution in [0.25, 0.3) is 0 Å². The summed E-state index contributed by atoms with van der Waals surface area (Å²) in [5.41, 5.74) is 2.56. The Balaban J connectivity index is 1.96. The van der Waals surface area contributed by atoms with E-state index in [0.717, 1.165) is 13.1 Å². The van der Waals surface area contributed by atoms with Crippen LogP contribution in [0.1, 0.15) is 17.0 Å². The molecular weight excluding hydrogens is 210 g/mol. The minimum absolute atomic E-state index is 0.224. The zero-order valence-corrected chi connectivity index (χ0v) is 9.05. The van der Waals surface area contributed by atoms with Crippen molar-refractivity contribution < 1.29 is 8.78 Å². The van der Waals surface area contributed by atoms with E-state index in [1.54, 1.807) is 0 Å². The van der Waals surface area contributed by atoms with E-state index in [1.807, 2.05) is 12.1 Å². The summed E-state index contributed by atoms with van der Waals surface area (Å²) in [5.74, 6) is 0.295. The number of fused-ring (bicyclic) bond motifs is 1. The van der Waals surface area contributed by atoms with Crippen LogP contribution in [0.4, 0.5) is 8.78 Å². The molecule has 2 nitrogen and oxygen atoms in total. The normalized spacial score (nSPS) is 19.8. The van der Waals surface area contributed by atoms with Gasteiger partial charge in [-0.1, -0.05) is 24.3 Å². The van der Waals surface area contributed by atoms with E-state index in [2.05, 4.69) is 22.8 Å². The van der Waals surface area contributed by atoms with Crippen LogP contribution in [0, 0.1) is 0 Å². The lowest BCUT2D eigenvalue weighted by atomic mass is 9.91. The zero-order chi connectivity index (χ0) is 11.4. The minimum atomic E-state index is -2.27. The molecule has 0 aromatic heterocycles. The summed E-state index contributed by atoms with van der Waals surface area (Å²) in [6.45, 7) is 2.11. The third-order valence-corrected chi connectivity index (χ3v) is 2.89. The lowest BCUT2D eigenvalue weighted by Crippen LogP contribution is -2.35. The second-order valence-corrected chi connectivity index (χ2v) is 4.08. The van der Waals surface area contributed by atoms with Gasteiger partial charge in [0, 0.05) is 25.6 Å². The molecule has 0 saturated heterocycles. The molecule has 0 fully saturated rings. The molecule has 0 aliphatic carbocycles. The van der Waals surface area contributed by atoms with Gasteiger partial charge in [-0.3, -0.25) is 0 Å². The Bertz CT molecular complexity index is 342. The van der Waals surface area contributed by atoms with Crippen molar-refractivity contribution in [3.63, 3.8) is 0 Å². The molecule has 1 heterocycles. The van der Waals surface area contributed by atoms with Crippen molar-refractivity contribution in [1.29, 1.82) is 0 Å². The summed E-state index contributed by atoms with van der Waals surface area (Å²) in [4.78, 5) is 0. The Hall–Kier alpha value is -1.00. The van der Waals surface area contributed by atoms with Crippen LogP contribution in [-0.4, -0.2) is 26.1 Å². The van der Waals surface area contributed by atoms with Crippen LogP contribution in [0.2, 0.25) is 0 Å². The molecule has 1 atom stereocenters. The maximum Gasteiger partial charge on any atom is 0.250 e. The summed E-state index contributed by atoms with van der Waals surface area (Å²) < 4.78 is 24.0. The zero-order valence-electron chi connectivity index (χ0n) is 9.05. The fourth-order valence-electron chi connectivity index (χ4n) is 2.13. The standard InChI is InChI=1S/C12H16F2N2/c13-12(14)8-16-7-10-6-15-5-9-3-1-2-4-11(9)10/h1-4,10,12,15-16H,5-8H2. The Labute approximate surface area is 94.0 Å². The molecule has 0 radical (unpaired) electrons. The maximum atomic E-state index is 12.0. The summed E-state index contributed by atoms with van der Waals surface area (Å²) in [7, 11) is 0. The molecule has 1 aliphatic rings. The average Bonchev–Trinajstić information content (AvgIpc) is 2.29. The van der Waals surface area contributed by atoms with Crippen LogP contribution in [0.3, 0.4) is 0 Å². The molecular formula is C12H16F2N2. The van der Waals surface area contributed by atoms with E-state index < -0.39 is 6.43 Å². The van der Waals surface area contributed by atoms with Gasteiger partial charge in [0.25, 0.3) is 6.43 Å². The minimum Gasteiger partial charge on any atom is -0.312 e. The smallest absolute Gasteiger partial charge is 0.250 e.